The van der Waals surface area contributed by atoms with E-state index < -0.39 is 0 Å². The number of nitrogens with zero attached hydrogens (tertiary/aromatic N) is 2. The molecule has 1 aliphatic carbocycles. The van der Waals surface area contributed by atoms with Crippen LogP contribution in [0.1, 0.15) is 46.7 Å². The van der Waals surface area contributed by atoms with Gasteiger partial charge < -0.3 is 14.5 Å². The summed E-state index contributed by atoms with van der Waals surface area (Å²) in [6, 6.07) is 4.06. The molecule has 4 aliphatic rings. The van der Waals surface area contributed by atoms with Gasteiger partial charge in [-0.05, 0) is 43.7 Å². The summed E-state index contributed by atoms with van der Waals surface area (Å²) in [5, 5.41) is 0. The monoisotopic (exact) mass is 362 g/mol. The summed E-state index contributed by atoms with van der Waals surface area (Å²) in [6.45, 7) is 2.88. The van der Waals surface area contributed by atoms with Crippen molar-refractivity contribution in [1.29, 1.82) is 0 Å². The fourth-order valence-corrected chi connectivity index (χ4v) is 5.21. The second-order valence-electron chi connectivity index (χ2n) is 7.62. The molecule has 136 valence electrons. The molecule has 0 unspecified atom stereocenters. The topological polar surface area (TPSA) is 49.9 Å². The van der Waals surface area contributed by atoms with Crippen LogP contribution in [0.2, 0.25) is 0 Å². The average Bonchev–Trinajstić information content (AvgIpc) is 2.83. The highest BCUT2D eigenvalue weighted by Crippen LogP contribution is 2.34. The van der Waals surface area contributed by atoms with Crippen LogP contribution in [0.4, 0.5) is 0 Å². The lowest BCUT2D eigenvalue weighted by molar-refractivity contribution is -0.138. The molecule has 3 saturated heterocycles. The van der Waals surface area contributed by atoms with E-state index in [2.05, 4.69) is 4.90 Å². The molecule has 1 aromatic rings. The van der Waals surface area contributed by atoms with Crippen molar-refractivity contribution in [2.75, 3.05) is 26.7 Å². The second-order valence-corrected chi connectivity index (χ2v) is 8.79. The van der Waals surface area contributed by atoms with E-state index in [0.29, 0.717) is 25.0 Å². The number of piperidine rings is 1. The lowest BCUT2D eigenvalue weighted by atomic mass is 9.84. The van der Waals surface area contributed by atoms with E-state index in [9.17, 15) is 9.59 Å². The van der Waals surface area contributed by atoms with Crippen molar-refractivity contribution in [2.24, 2.45) is 11.8 Å². The molecule has 1 aromatic heterocycles. The van der Waals surface area contributed by atoms with Crippen LogP contribution in [0.15, 0.2) is 12.1 Å². The van der Waals surface area contributed by atoms with Crippen LogP contribution in [-0.2, 0) is 16.1 Å². The summed E-state index contributed by atoms with van der Waals surface area (Å²) in [5.41, 5.74) is 0. The van der Waals surface area contributed by atoms with Gasteiger partial charge in [0.2, 0.25) is 5.91 Å². The second kappa shape index (κ2) is 7.08. The zero-order valence-electron chi connectivity index (χ0n) is 14.8. The standard InChI is InChI=1S/C19H26N2O3S/c1-24-12-16-7-8-17(25-16)19(23)21-10-13-5-6-15(21)11-20(9-13)18(22)14-3-2-4-14/h7-8,13-15H,2-6,9-12H2,1H3/t13-,15+/m0/s1. The third-order valence-corrected chi connectivity index (χ3v) is 6.95. The molecular formula is C19H26N2O3S. The van der Waals surface area contributed by atoms with Gasteiger partial charge in [0.25, 0.3) is 5.91 Å². The van der Waals surface area contributed by atoms with Crippen LogP contribution in [-0.4, -0.2) is 54.4 Å². The molecule has 25 heavy (non-hydrogen) atoms. The van der Waals surface area contributed by atoms with Gasteiger partial charge in [-0.1, -0.05) is 6.42 Å². The SMILES string of the molecule is COCc1ccc(C(=O)N2C[C@H]3CC[C@@H]2CN(C(=O)C2CCC2)C3)s1. The molecular weight excluding hydrogens is 336 g/mol. The number of thiophene rings is 1. The smallest absolute Gasteiger partial charge is 0.264 e. The van der Waals surface area contributed by atoms with E-state index in [1.165, 1.54) is 17.8 Å². The predicted octanol–water partition coefficient (Wildman–Crippen LogP) is 2.76. The molecule has 5 rings (SSSR count). The van der Waals surface area contributed by atoms with Gasteiger partial charge in [-0.15, -0.1) is 11.3 Å². The molecule has 4 fully saturated rings. The maximum absolute atomic E-state index is 13.0. The molecule has 0 radical (unpaired) electrons. The summed E-state index contributed by atoms with van der Waals surface area (Å²) in [7, 11) is 1.67. The zero-order valence-corrected chi connectivity index (χ0v) is 15.6. The minimum Gasteiger partial charge on any atom is -0.379 e. The number of ether oxygens (including phenoxy) is 1. The van der Waals surface area contributed by atoms with Crippen LogP contribution < -0.4 is 0 Å². The molecule has 0 spiro atoms. The maximum Gasteiger partial charge on any atom is 0.264 e. The van der Waals surface area contributed by atoms with E-state index in [-0.39, 0.29) is 17.9 Å². The lowest BCUT2D eigenvalue weighted by Crippen LogP contribution is -2.48. The quantitative estimate of drug-likeness (QED) is 0.828. The highest BCUT2D eigenvalue weighted by atomic mass is 32.1. The van der Waals surface area contributed by atoms with Crippen molar-refractivity contribution in [3.05, 3.63) is 21.9 Å². The number of methoxy groups -OCH3 is 1. The first-order valence-electron chi connectivity index (χ1n) is 9.33. The van der Waals surface area contributed by atoms with Crippen molar-refractivity contribution < 1.29 is 14.3 Å². The molecule has 5 nitrogen and oxygen atoms in total. The van der Waals surface area contributed by atoms with Crippen LogP contribution in [0.5, 0.6) is 0 Å². The van der Waals surface area contributed by atoms with Crippen LogP contribution in [0.25, 0.3) is 0 Å². The van der Waals surface area contributed by atoms with Crippen LogP contribution >= 0.6 is 11.3 Å². The number of fused-ring (bicyclic) bond motifs is 4. The van der Waals surface area contributed by atoms with Crippen molar-refractivity contribution in [2.45, 2.75) is 44.8 Å². The Morgan fingerprint density at radius 1 is 1.16 bits per heavy atom. The van der Waals surface area contributed by atoms with Crippen molar-refractivity contribution >= 4 is 23.2 Å². The Kier molecular flexibility index (Phi) is 4.82. The lowest BCUT2D eigenvalue weighted by Gasteiger charge is -2.36. The molecule has 0 N–H and O–H groups in total. The fourth-order valence-electron chi connectivity index (χ4n) is 4.28. The van der Waals surface area contributed by atoms with E-state index in [1.807, 2.05) is 17.0 Å². The number of hydrogen-bond acceptors (Lipinski definition) is 4. The Labute approximate surface area is 152 Å². The number of carbonyl (C=O) groups is 2. The first-order valence-corrected chi connectivity index (χ1v) is 10.1. The molecule has 6 heteroatoms. The first kappa shape index (κ1) is 17.0. The highest BCUT2D eigenvalue weighted by molar-refractivity contribution is 7.14. The van der Waals surface area contributed by atoms with Gasteiger partial charge in [0, 0.05) is 43.6 Å². The van der Waals surface area contributed by atoms with E-state index >= 15 is 0 Å². The Hall–Kier alpha value is -1.40. The third kappa shape index (κ3) is 3.34. The average molecular weight is 362 g/mol. The molecule has 2 amide bonds. The molecule has 3 aliphatic heterocycles. The number of carbonyl (C=O) groups excluding carboxylic acids is 2. The van der Waals surface area contributed by atoms with Crippen LogP contribution in [0.3, 0.4) is 0 Å². The van der Waals surface area contributed by atoms with Crippen LogP contribution in [0, 0.1) is 11.8 Å². The molecule has 4 heterocycles. The largest absolute Gasteiger partial charge is 0.379 e. The third-order valence-electron chi connectivity index (χ3n) is 5.90. The fraction of sp³-hybridized carbons (Fsp3) is 0.684. The summed E-state index contributed by atoms with van der Waals surface area (Å²) in [6.07, 6.45) is 5.42. The molecule has 1 saturated carbocycles. The minimum absolute atomic E-state index is 0.125. The van der Waals surface area contributed by atoms with Crippen molar-refractivity contribution in [3.8, 4) is 0 Å². The van der Waals surface area contributed by atoms with Gasteiger partial charge in [-0.3, -0.25) is 9.59 Å². The maximum atomic E-state index is 13.0. The normalized spacial score (nSPS) is 26.4. The van der Waals surface area contributed by atoms with E-state index in [1.54, 1.807) is 7.11 Å². The Bertz CT molecular complexity index is 655. The van der Waals surface area contributed by atoms with Gasteiger partial charge in [0.05, 0.1) is 11.5 Å². The van der Waals surface area contributed by atoms with Crippen molar-refractivity contribution in [1.82, 2.24) is 9.80 Å². The molecule has 0 aromatic carbocycles. The van der Waals surface area contributed by atoms with Gasteiger partial charge in [-0.2, -0.15) is 0 Å². The zero-order chi connectivity index (χ0) is 17.4. The number of hydrogen-bond donors (Lipinski definition) is 0. The van der Waals surface area contributed by atoms with Crippen molar-refractivity contribution in [3.63, 3.8) is 0 Å². The molecule has 2 atom stereocenters. The number of amides is 2. The first-order chi connectivity index (χ1) is 12.2. The Morgan fingerprint density at radius 2 is 2.00 bits per heavy atom. The predicted molar refractivity (Wildman–Crippen MR) is 96.5 cm³/mol. The van der Waals surface area contributed by atoms with E-state index in [0.717, 1.165) is 48.5 Å². The van der Waals surface area contributed by atoms with E-state index in [4.69, 9.17) is 4.74 Å². The summed E-state index contributed by atoms with van der Waals surface area (Å²) < 4.78 is 5.16. The summed E-state index contributed by atoms with van der Waals surface area (Å²) in [5.74, 6) is 1.12. The Morgan fingerprint density at radius 3 is 2.72 bits per heavy atom. The van der Waals surface area contributed by atoms with Gasteiger partial charge in [0.15, 0.2) is 0 Å². The van der Waals surface area contributed by atoms with Gasteiger partial charge in [0.1, 0.15) is 0 Å². The van der Waals surface area contributed by atoms with Gasteiger partial charge >= 0.3 is 0 Å². The van der Waals surface area contributed by atoms with Gasteiger partial charge in [-0.25, -0.2) is 0 Å². The number of rotatable bonds is 4. The summed E-state index contributed by atoms with van der Waals surface area (Å²) in [4.78, 5) is 31.7. The molecule has 2 bridgehead atoms. The minimum atomic E-state index is 0.125. The summed E-state index contributed by atoms with van der Waals surface area (Å²) >= 11 is 1.52. The highest BCUT2D eigenvalue weighted by Gasteiger charge is 2.41. The Balaban J connectivity index is 1.47.